The van der Waals surface area contributed by atoms with Gasteiger partial charge < -0.3 is 14.8 Å². The maximum Gasteiger partial charge on any atom is 0.408 e. The molecule has 0 bridgehead atoms. The van der Waals surface area contributed by atoms with Crippen LogP contribution in [0, 0.1) is 5.92 Å². The van der Waals surface area contributed by atoms with Crippen LogP contribution in [0.1, 0.15) is 40.5 Å². The summed E-state index contributed by atoms with van der Waals surface area (Å²) in [4.78, 5) is 22.9. The molecule has 1 atom stereocenters. The number of carbonyl (C=O) groups excluding carboxylic acids is 2. The van der Waals surface area contributed by atoms with Crippen LogP contribution >= 0.6 is 0 Å². The zero-order valence-electron chi connectivity index (χ0n) is 10.7. The van der Waals surface area contributed by atoms with Crippen molar-refractivity contribution in [2.24, 2.45) is 5.92 Å². The molecule has 1 aliphatic heterocycles. The lowest BCUT2D eigenvalue weighted by Crippen LogP contribution is -2.59. The topological polar surface area (TPSA) is 64.6 Å². The zero-order valence-corrected chi connectivity index (χ0v) is 10.7. The first-order valence-electron chi connectivity index (χ1n) is 5.93. The van der Waals surface area contributed by atoms with Crippen LogP contribution in [0.15, 0.2) is 0 Å². The number of cyclic esters (lactones) is 1. The summed E-state index contributed by atoms with van der Waals surface area (Å²) in [5.74, 6) is -0.310. The van der Waals surface area contributed by atoms with E-state index in [0.29, 0.717) is 12.8 Å². The summed E-state index contributed by atoms with van der Waals surface area (Å²) in [7, 11) is 0. The third kappa shape index (κ3) is 2.23. The third-order valence-electron chi connectivity index (χ3n) is 3.37. The van der Waals surface area contributed by atoms with Gasteiger partial charge in [0.15, 0.2) is 0 Å². The van der Waals surface area contributed by atoms with Crippen LogP contribution in [0.3, 0.4) is 0 Å². The van der Waals surface area contributed by atoms with Crippen LogP contribution in [0.4, 0.5) is 4.79 Å². The Balaban J connectivity index is 1.90. The van der Waals surface area contributed by atoms with Gasteiger partial charge in [-0.25, -0.2) is 4.79 Å². The van der Waals surface area contributed by atoms with E-state index in [1.54, 1.807) is 0 Å². The van der Waals surface area contributed by atoms with E-state index in [9.17, 15) is 9.59 Å². The number of hydrogen-bond donors (Lipinski definition) is 1. The van der Waals surface area contributed by atoms with Gasteiger partial charge in [0, 0.05) is 0 Å². The van der Waals surface area contributed by atoms with Gasteiger partial charge in [-0.3, -0.25) is 4.79 Å². The van der Waals surface area contributed by atoms with Crippen LogP contribution in [-0.2, 0) is 14.3 Å². The second kappa shape index (κ2) is 3.62. The van der Waals surface area contributed by atoms with Gasteiger partial charge in [0.05, 0.1) is 11.5 Å². The highest BCUT2D eigenvalue weighted by Crippen LogP contribution is 2.44. The van der Waals surface area contributed by atoms with Crippen LogP contribution in [0.5, 0.6) is 0 Å². The molecule has 1 saturated carbocycles. The van der Waals surface area contributed by atoms with Crippen LogP contribution in [0.25, 0.3) is 0 Å². The van der Waals surface area contributed by atoms with Crippen molar-refractivity contribution in [2.75, 3.05) is 0 Å². The summed E-state index contributed by atoms with van der Waals surface area (Å²) >= 11 is 0. The summed E-state index contributed by atoms with van der Waals surface area (Å²) in [6.45, 7) is 7.40. The van der Waals surface area contributed by atoms with Gasteiger partial charge in [-0.1, -0.05) is 0 Å². The quantitative estimate of drug-likeness (QED) is 0.708. The Kier molecular flexibility index (Phi) is 2.60. The Morgan fingerprint density at radius 1 is 1.47 bits per heavy atom. The highest BCUT2D eigenvalue weighted by Gasteiger charge is 2.57. The molecule has 1 saturated heterocycles. The molecule has 2 rings (SSSR count). The maximum atomic E-state index is 11.8. The lowest BCUT2D eigenvalue weighted by Gasteiger charge is -2.44. The molecule has 0 aromatic heterocycles. The number of esters is 1. The molecule has 1 aliphatic carbocycles. The molecule has 1 amide bonds. The SMILES string of the molecule is CC1OC(=O)NC12CC(C(=O)OC(C)(C)C)C2. The van der Waals surface area contributed by atoms with Crippen molar-refractivity contribution in [2.45, 2.75) is 57.8 Å². The highest BCUT2D eigenvalue weighted by molar-refractivity contribution is 5.77. The second-order valence-corrected chi connectivity index (χ2v) is 5.97. The highest BCUT2D eigenvalue weighted by atomic mass is 16.6. The van der Waals surface area contributed by atoms with Gasteiger partial charge >= 0.3 is 12.1 Å². The van der Waals surface area contributed by atoms with E-state index in [2.05, 4.69) is 5.32 Å². The molecular weight excluding hydrogens is 222 g/mol. The van der Waals surface area contributed by atoms with Gasteiger partial charge in [-0.2, -0.15) is 0 Å². The molecule has 5 heteroatoms. The number of amides is 1. The van der Waals surface area contributed by atoms with E-state index < -0.39 is 5.60 Å². The second-order valence-electron chi connectivity index (χ2n) is 5.97. The minimum Gasteiger partial charge on any atom is -0.460 e. The van der Waals surface area contributed by atoms with E-state index in [1.165, 1.54) is 0 Å². The van der Waals surface area contributed by atoms with E-state index in [-0.39, 0.29) is 29.6 Å². The molecular formula is C12H19NO4. The van der Waals surface area contributed by atoms with Crippen LogP contribution < -0.4 is 5.32 Å². The molecule has 0 radical (unpaired) electrons. The Morgan fingerprint density at radius 2 is 2.06 bits per heavy atom. The van der Waals surface area contributed by atoms with Crippen molar-refractivity contribution in [3.8, 4) is 0 Å². The van der Waals surface area contributed by atoms with E-state index in [1.807, 2.05) is 27.7 Å². The van der Waals surface area contributed by atoms with Crippen molar-refractivity contribution >= 4 is 12.1 Å². The monoisotopic (exact) mass is 241 g/mol. The molecule has 1 spiro atoms. The molecule has 96 valence electrons. The lowest BCUT2D eigenvalue weighted by molar-refractivity contribution is -0.166. The first-order chi connectivity index (χ1) is 7.72. The summed E-state index contributed by atoms with van der Waals surface area (Å²) < 4.78 is 10.4. The zero-order chi connectivity index (χ0) is 12.8. The molecule has 2 aliphatic rings. The predicted octanol–water partition coefficient (Wildman–Crippen LogP) is 1.61. The van der Waals surface area contributed by atoms with E-state index in [0.717, 1.165) is 0 Å². The Labute approximate surface area is 101 Å². The summed E-state index contributed by atoms with van der Waals surface area (Å²) in [6.07, 6.45) is 0.651. The van der Waals surface area contributed by atoms with Crippen LogP contribution in [0.2, 0.25) is 0 Å². The fourth-order valence-corrected chi connectivity index (χ4v) is 2.41. The normalized spacial score (nSPS) is 36.1. The van der Waals surface area contributed by atoms with Crippen molar-refractivity contribution < 1.29 is 19.1 Å². The molecule has 1 heterocycles. The average Bonchev–Trinajstić information content (AvgIpc) is 2.34. The fourth-order valence-electron chi connectivity index (χ4n) is 2.41. The first kappa shape index (κ1) is 12.2. The van der Waals surface area contributed by atoms with E-state index in [4.69, 9.17) is 9.47 Å². The smallest absolute Gasteiger partial charge is 0.408 e. The number of alkyl carbamates (subject to hydrolysis) is 1. The molecule has 0 aromatic rings. The number of hydrogen-bond acceptors (Lipinski definition) is 4. The number of ether oxygens (including phenoxy) is 2. The molecule has 5 nitrogen and oxygen atoms in total. The summed E-state index contributed by atoms with van der Waals surface area (Å²) in [6, 6.07) is 0. The minimum atomic E-state index is -0.457. The molecule has 1 unspecified atom stereocenters. The van der Waals surface area contributed by atoms with Crippen molar-refractivity contribution in [1.29, 1.82) is 0 Å². The molecule has 2 fully saturated rings. The molecule has 1 N–H and O–H groups in total. The molecule has 17 heavy (non-hydrogen) atoms. The van der Waals surface area contributed by atoms with Gasteiger partial charge in [0.1, 0.15) is 11.7 Å². The average molecular weight is 241 g/mol. The number of carbonyl (C=O) groups is 2. The molecule has 0 aromatic carbocycles. The third-order valence-corrected chi connectivity index (χ3v) is 3.37. The lowest BCUT2D eigenvalue weighted by atomic mass is 9.66. The van der Waals surface area contributed by atoms with Gasteiger partial charge in [0.2, 0.25) is 0 Å². The largest absolute Gasteiger partial charge is 0.460 e. The Morgan fingerprint density at radius 3 is 2.47 bits per heavy atom. The number of nitrogens with one attached hydrogen (secondary N) is 1. The van der Waals surface area contributed by atoms with Crippen LogP contribution in [-0.4, -0.2) is 29.3 Å². The Hall–Kier alpha value is -1.26. The first-order valence-corrected chi connectivity index (χ1v) is 5.93. The maximum absolute atomic E-state index is 11.8. The van der Waals surface area contributed by atoms with E-state index >= 15 is 0 Å². The number of rotatable bonds is 1. The van der Waals surface area contributed by atoms with Crippen molar-refractivity contribution in [3.63, 3.8) is 0 Å². The summed E-state index contributed by atoms with van der Waals surface area (Å²) in [5, 5.41) is 2.80. The van der Waals surface area contributed by atoms with Gasteiger partial charge in [-0.05, 0) is 40.5 Å². The Bertz CT molecular complexity index is 352. The minimum absolute atomic E-state index is 0.126. The predicted molar refractivity (Wildman–Crippen MR) is 60.4 cm³/mol. The standard InChI is InChI=1S/C12H19NO4/c1-7-12(13-10(15)16-7)5-8(6-12)9(14)17-11(2,3)4/h7-8H,5-6H2,1-4H3,(H,13,15). The van der Waals surface area contributed by atoms with Gasteiger partial charge in [0.25, 0.3) is 0 Å². The summed E-state index contributed by atoms with van der Waals surface area (Å²) in [5.41, 5.74) is -0.806. The van der Waals surface area contributed by atoms with Crippen molar-refractivity contribution in [1.82, 2.24) is 5.32 Å². The fraction of sp³-hybridized carbons (Fsp3) is 0.833. The van der Waals surface area contributed by atoms with Gasteiger partial charge in [-0.15, -0.1) is 0 Å². The van der Waals surface area contributed by atoms with Crippen molar-refractivity contribution in [3.05, 3.63) is 0 Å².